The van der Waals surface area contributed by atoms with Crippen molar-refractivity contribution < 1.29 is 13.2 Å². The Bertz CT molecular complexity index is 1210. The number of aromatic nitrogens is 1. The summed E-state index contributed by atoms with van der Waals surface area (Å²) >= 11 is 0. The minimum Gasteiger partial charge on any atom is -0.318 e. The number of hydrogen-bond donors (Lipinski definition) is 0. The van der Waals surface area contributed by atoms with Crippen LogP contribution in [0.3, 0.4) is 0 Å². The van der Waals surface area contributed by atoms with Crippen LogP contribution in [0.15, 0.2) is 76.6 Å². The molecule has 150 valence electrons. The molecule has 1 aromatic heterocycles. The highest BCUT2D eigenvalue weighted by Crippen LogP contribution is 2.32. The second kappa shape index (κ2) is 8.17. The molecule has 0 spiro atoms. The van der Waals surface area contributed by atoms with Gasteiger partial charge in [-0.2, -0.15) is 0 Å². The molecule has 0 saturated carbocycles. The Morgan fingerprint density at radius 1 is 1.00 bits per heavy atom. The van der Waals surface area contributed by atoms with E-state index in [0.29, 0.717) is 0 Å². The molecular weight excluding hydrogens is 386 g/mol. The first-order valence-corrected chi connectivity index (χ1v) is 11.1. The predicted octanol–water partition coefficient (Wildman–Crippen LogP) is 3.50. The lowest BCUT2D eigenvalue weighted by molar-refractivity contribution is 0.0975. The summed E-state index contributed by atoms with van der Waals surface area (Å²) < 4.78 is 24.9. The topological polar surface area (TPSA) is 73.2 Å². The van der Waals surface area contributed by atoms with Crippen molar-refractivity contribution in [3.05, 3.63) is 99.5 Å². The Labute approximate surface area is 170 Å². The van der Waals surface area contributed by atoms with Crippen molar-refractivity contribution in [2.45, 2.75) is 24.2 Å². The molecule has 0 bridgehead atoms. The van der Waals surface area contributed by atoms with Crippen LogP contribution in [0, 0.1) is 6.92 Å². The standard InChI is InChI=1S/C23H23NO4S/c1-16-7-4-5-8-19(16)21(17-10-12-18(13-11-17)29(3,27)28)15-22(25)20-9-6-14-24(2)23(20)26/h4-14,21H,15H2,1-3H3/t21-/m1/s1. The lowest BCUT2D eigenvalue weighted by atomic mass is 9.84. The molecule has 0 unspecified atom stereocenters. The van der Waals surface area contributed by atoms with E-state index in [1.165, 1.54) is 4.57 Å². The van der Waals surface area contributed by atoms with Crippen LogP contribution in [0.1, 0.15) is 39.4 Å². The Kier molecular flexibility index (Phi) is 5.84. The SMILES string of the molecule is Cc1ccccc1[C@H](CC(=O)c1cccn(C)c1=O)c1ccc(S(C)(=O)=O)cc1. The summed E-state index contributed by atoms with van der Waals surface area (Å²) in [5.74, 6) is -0.533. The zero-order valence-electron chi connectivity index (χ0n) is 16.6. The molecule has 0 radical (unpaired) electrons. The van der Waals surface area contributed by atoms with E-state index in [9.17, 15) is 18.0 Å². The third kappa shape index (κ3) is 4.54. The van der Waals surface area contributed by atoms with Crippen LogP contribution in [0.25, 0.3) is 0 Å². The maximum absolute atomic E-state index is 13.0. The number of nitrogens with zero attached hydrogens (tertiary/aromatic N) is 1. The number of Topliss-reactive ketones (excluding diaryl/α,β-unsaturated/α-hetero) is 1. The monoisotopic (exact) mass is 409 g/mol. The van der Waals surface area contributed by atoms with Crippen molar-refractivity contribution >= 4 is 15.6 Å². The average Bonchev–Trinajstić information content (AvgIpc) is 2.68. The van der Waals surface area contributed by atoms with Crippen molar-refractivity contribution in [1.82, 2.24) is 4.57 Å². The van der Waals surface area contributed by atoms with Gasteiger partial charge in [0, 0.05) is 31.8 Å². The first-order chi connectivity index (χ1) is 13.7. The summed E-state index contributed by atoms with van der Waals surface area (Å²) in [4.78, 5) is 25.6. The van der Waals surface area contributed by atoms with Crippen LogP contribution < -0.4 is 5.56 Å². The van der Waals surface area contributed by atoms with Crippen molar-refractivity contribution in [3.63, 3.8) is 0 Å². The van der Waals surface area contributed by atoms with Gasteiger partial charge in [0.2, 0.25) is 0 Å². The smallest absolute Gasteiger partial charge is 0.261 e. The maximum atomic E-state index is 13.0. The molecule has 29 heavy (non-hydrogen) atoms. The van der Waals surface area contributed by atoms with Gasteiger partial charge in [0.05, 0.1) is 10.5 Å². The Morgan fingerprint density at radius 3 is 2.28 bits per heavy atom. The quantitative estimate of drug-likeness (QED) is 0.584. The Morgan fingerprint density at radius 2 is 1.66 bits per heavy atom. The summed E-state index contributed by atoms with van der Waals surface area (Å²) in [6, 6.07) is 17.6. The van der Waals surface area contributed by atoms with Gasteiger partial charge in [-0.15, -0.1) is 0 Å². The second-order valence-corrected chi connectivity index (χ2v) is 9.23. The number of benzene rings is 2. The summed E-state index contributed by atoms with van der Waals surface area (Å²) in [6.45, 7) is 1.97. The summed E-state index contributed by atoms with van der Waals surface area (Å²) in [5.41, 5.74) is 2.65. The molecule has 6 heteroatoms. The molecule has 0 aliphatic rings. The highest BCUT2D eigenvalue weighted by Gasteiger charge is 2.23. The predicted molar refractivity (Wildman–Crippen MR) is 113 cm³/mol. The van der Waals surface area contributed by atoms with E-state index in [1.54, 1.807) is 49.6 Å². The van der Waals surface area contributed by atoms with E-state index in [1.807, 2.05) is 31.2 Å². The third-order valence-corrected chi connectivity index (χ3v) is 6.22. The van der Waals surface area contributed by atoms with E-state index in [2.05, 4.69) is 0 Å². The van der Waals surface area contributed by atoms with Crippen molar-refractivity contribution in [3.8, 4) is 0 Å². The number of aryl methyl sites for hydroxylation is 2. The minimum atomic E-state index is -3.31. The molecule has 3 rings (SSSR count). The molecule has 0 amide bonds. The van der Waals surface area contributed by atoms with Gasteiger partial charge in [-0.25, -0.2) is 8.42 Å². The summed E-state index contributed by atoms with van der Waals surface area (Å²) in [7, 11) is -1.69. The van der Waals surface area contributed by atoms with Crippen LogP contribution in [0.2, 0.25) is 0 Å². The van der Waals surface area contributed by atoms with Gasteiger partial charge in [-0.05, 0) is 47.9 Å². The molecule has 1 heterocycles. The Hall–Kier alpha value is -2.99. The van der Waals surface area contributed by atoms with Gasteiger partial charge < -0.3 is 4.57 Å². The Balaban J connectivity index is 2.05. The first kappa shape index (κ1) is 20.7. The fraction of sp³-hybridized carbons (Fsp3) is 0.217. The summed E-state index contributed by atoms with van der Waals surface area (Å²) in [5, 5.41) is 0. The molecule has 0 N–H and O–H groups in total. The van der Waals surface area contributed by atoms with Gasteiger partial charge in [-0.1, -0.05) is 36.4 Å². The zero-order chi connectivity index (χ0) is 21.2. The third-order valence-electron chi connectivity index (χ3n) is 5.09. The fourth-order valence-corrected chi connectivity index (χ4v) is 4.07. The van der Waals surface area contributed by atoms with E-state index in [-0.39, 0.29) is 34.1 Å². The molecule has 3 aromatic rings. The van der Waals surface area contributed by atoms with E-state index in [4.69, 9.17) is 0 Å². The molecule has 1 atom stereocenters. The summed E-state index contributed by atoms with van der Waals surface area (Å²) in [6.07, 6.45) is 2.89. The van der Waals surface area contributed by atoms with Crippen LogP contribution in [0.5, 0.6) is 0 Å². The fourth-order valence-electron chi connectivity index (χ4n) is 3.44. The molecular formula is C23H23NO4S. The van der Waals surface area contributed by atoms with Gasteiger partial charge in [0.1, 0.15) is 0 Å². The number of carbonyl (C=O) groups is 1. The van der Waals surface area contributed by atoms with Gasteiger partial charge >= 0.3 is 0 Å². The first-order valence-electron chi connectivity index (χ1n) is 9.23. The number of carbonyl (C=O) groups excluding carboxylic acids is 1. The minimum absolute atomic E-state index is 0.113. The number of sulfone groups is 1. The molecule has 0 aliphatic carbocycles. The van der Waals surface area contributed by atoms with Crippen molar-refractivity contribution in [2.75, 3.05) is 6.26 Å². The lowest BCUT2D eigenvalue weighted by Crippen LogP contribution is -2.24. The number of pyridine rings is 1. The van der Waals surface area contributed by atoms with Crippen LogP contribution in [0.4, 0.5) is 0 Å². The number of ketones is 1. The molecule has 0 saturated heterocycles. The van der Waals surface area contributed by atoms with E-state index in [0.717, 1.165) is 22.9 Å². The molecule has 2 aromatic carbocycles. The van der Waals surface area contributed by atoms with Crippen molar-refractivity contribution in [1.29, 1.82) is 0 Å². The van der Waals surface area contributed by atoms with Crippen LogP contribution in [-0.2, 0) is 16.9 Å². The number of hydrogen-bond acceptors (Lipinski definition) is 4. The molecule has 0 aliphatic heterocycles. The van der Waals surface area contributed by atoms with E-state index >= 15 is 0 Å². The normalized spacial score (nSPS) is 12.5. The number of rotatable bonds is 6. The average molecular weight is 410 g/mol. The maximum Gasteiger partial charge on any atom is 0.261 e. The molecule has 0 fully saturated rings. The lowest BCUT2D eigenvalue weighted by Gasteiger charge is -2.20. The second-order valence-electron chi connectivity index (χ2n) is 7.22. The highest BCUT2D eigenvalue weighted by atomic mass is 32.2. The molecule has 5 nitrogen and oxygen atoms in total. The van der Waals surface area contributed by atoms with E-state index < -0.39 is 9.84 Å². The van der Waals surface area contributed by atoms with Gasteiger partial charge in [-0.3, -0.25) is 9.59 Å². The van der Waals surface area contributed by atoms with Crippen LogP contribution >= 0.6 is 0 Å². The van der Waals surface area contributed by atoms with Crippen molar-refractivity contribution in [2.24, 2.45) is 7.05 Å². The largest absolute Gasteiger partial charge is 0.318 e. The van der Waals surface area contributed by atoms with Gasteiger partial charge in [0.25, 0.3) is 5.56 Å². The zero-order valence-corrected chi connectivity index (χ0v) is 17.4. The van der Waals surface area contributed by atoms with Gasteiger partial charge in [0.15, 0.2) is 15.6 Å². The highest BCUT2D eigenvalue weighted by molar-refractivity contribution is 7.90. The van der Waals surface area contributed by atoms with Crippen LogP contribution in [-0.4, -0.2) is 25.0 Å².